The Kier molecular flexibility index (Phi) is 7.38. The molecular weight excluding hydrogens is 242 g/mol. The van der Waals surface area contributed by atoms with Crippen molar-refractivity contribution in [3.05, 3.63) is 34.3 Å². The van der Waals surface area contributed by atoms with Gasteiger partial charge in [0.05, 0.1) is 0 Å². The van der Waals surface area contributed by atoms with E-state index in [0.29, 0.717) is 6.04 Å². The predicted molar refractivity (Wildman–Crippen MR) is 81.4 cm³/mol. The lowest BCUT2D eigenvalue weighted by molar-refractivity contribution is 0.480. The molecule has 0 fully saturated rings. The molecule has 2 heteroatoms. The van der Waals surface area contributed by atoms with Crippen LogP contribution in [0.15, 0.2) is 18.2 Å². The molecule has 1 rings (SSSR count). The van der Waals surface area contributed by atoms with Crippen molar-refractivity contribution in [2.45, 2.75) is 58.9 Å². The highest BCUT2D eigenvalue weighted by molar-refractivity contribution is 6.31. The SMILES string of the molecule is CCCCCCC(NCC)c1cccc(Cl)c1C. The standard InChI is InChI=1S/C16H26ClN/c1-4-6-7-8-12-16(18-5-2)14-10-9-11-15(17)13(14)3/h9-11,16,18H,4-8,12H2,1-3H3. The number of benzene rings is 1. The molecule has 0 bridgehead atoms. The summed E-state index contributed by atoms with van der Waals surface area (Å²) in [4.78, 5) is 0. The van der Waals surface area contributed by atoms with E-state index in [1.807, 2.05) is 6.07 Å². The first-order chi connectivity index (χ1) is 8.70. The highest BCUT2D eigenvalue weighted by Gasteiger charge is 2.13. The molecular formula is C16H26ClN. The molecule has 0 heterocycles. The summed E-state index contributed by atoms with van der Waals surface area (Å²) in [5.74, 6) is 0. The number of nitrogens with one attached hydrogen (secondary N) is 1. The van der Waals surface area contributed by atoms with Gasteiger partial charge >= 0.3 is 0 Å². The van der Waals surface area contributed by atoms with E-state index in [9.17, 15) is 0 Å². The van der Waals surface area contributed by atoms with Crippen molar-refractivity contribution in [3.63, 3.8) is 0 Å². The van der Waals surface area contributed by atoms with Crippen molar-refractivity contribution in [1.29, 1.82) is 0 Å². The van der Waals surface area contributed by atoms with Crippen LogP contribution in [0, 0.1) is 6.92 Å². The van der Waals surface area contributed by atoms with Gasteiger partial charge in [-0.1, -0.05) is 63.3 Å². The van der Waals surface area contributed by atoms with Gasteiger partial charge in [0.15, 0.2) is 0 Å². The summed E-state index contributed by atoms with van der Waals surface area (Å²) in [6, 6.07) is 6.68. The number of rotatable bonds is 8. The van der Waals surface area contributed by atoms with Crippen LogP contribution in [0.5, 0.6) is 0 Å². The fourth-order valence-electron chi connectivity index (χ4n) is 2.39. The van der Waals surface area contributed by atoms with E-state index in [-0.39, 0.29) is 0 Å². The molecule has 18 heavy (non-hydrogen) atoms. The molecule has 1 atom stereocenters. The fourth-order valence-corrected chi connectivity index (χ4v) is 2.57. The number of unbranched alkanes of at least 4 members (excludes halogenated alkanes) is 3. The Balaban J connectivity index is 2.68. The number of hydrogen-bond donors (Lipinski definition) is 1. The smallest absolute Gasteiger partial charge is 0.0438 e. The number of halogens is 1. The van der Waals surface area contributed by atoms with Crippen LogP contribution < -0.4 is 5.32 Å². The van der Waals surface area contributed by atoms with Crippen molar-refractivity contribution in [3.8, 4) is 0 Å². The minimum absolute atomic E-state index is 0.450. The molecule has 1 aromatic carbocycles. The van der Waals surface area contributed by atoms with Crippen LogP contribution in [-0.4, -0.2) is 6.54 Å². The zero-order chi connectivity index (χ0) is 13.4. The van der Waals surface area contributed by atoms with E-state index in [1.165, 1.54) is 43.2 Å². The van der Waals surface area contributed by atoms with Gasteiger partial charge in [0.1, 0.15) is 0 Å². The average molecular weight is 268 g/mol. The molecule has 0 aliphatic rings. The maximum atomic E-state index is 6.21. The Morgan fingerprint density at radius 1 is 1.17 bits per heavy atom. The normalized spacial score (nSPS) is 12.7. The summed E-state index contributed by atoms with van der Waals surface area (Å²) in [6.45, 7) is 7.54. The van der Waals surface area contributed by atoms with Crippen LogP contribution in [0.25, 0.3) is 0 Å². The first kappa shape index (κ1) is 15.5. The molecule has 1 N–H and O–H groups in total. The second-order valence-corrected chi connectivity index (χ2v) is 5.32. The minimum atomic E-state index is 0.450. The van der Waals surface area contributed by atoms with Gasteiger partial charge in [0.2, 0.25) is 0 Å². The van der Waals surface area contributed by atoms with Gasteiger partial charge in [-0.3, -0.25) is 0 Å². The molecule has 0 spiro atoms. The summed E-state index contributed by atoms with van der Waals surface area (Å²) < 4.78 is 0. The van der Waals surface area contributed by atoms with E-state index in [2.05, 4.69) is 38.2 Å². The summed E-state index contributed by atoms with van der Waals surface area (Å²) in [6.07, 6.45) is 6.46. The Labute approximate surface area is 117 Å². The second kappa shape index (κ2) is 8.55. The van der Waals surface area contributed by atoms with Gasteiger partial charge in [-0.15, -0.1) is 0 Å². The largest absolute Gasteiger partial charge is 0.310 e. The minimum Gasteiger partial charge on any atom is -0.310 e. The van der Waals surface area contributed by atoms with E-state index < -0.39 is 0 Å². The zero-order valence-corrected chi connectivity index (χ0v) is 12.7. The zero-order valence-electron chi connectivity index (χ0n) is 11.9. The van der Waals surface area contributed by atoms with Crippen LogP contribution in [0.2, 0.25) is 5.02 Å². The molecule has 102 valence electrons. The van der Waals surface area contributed by atoms with Crippen molar-refractivity contribution in [1.82, 2.24) is 5.32 Å². The summed E-state index contributed by atoms with van der Waals surface area (Å²) in [5.41, 5.74) is 2.58. The third-order valence-corrected chi connectivity index (χ3v) is 3.89. The van der Waals surface area contributed by atoms with E-state index >= 15 is 0 Å². The molecule has 0 radical (unpaired) electrons. The third-order valence-electron chi connectivity index (χ3n) is 3.48. The highest BCUT2D eigenvalue weighted by Crippen LogP contribution is 2.27. The number of hydrogen-bond acceptors (Lipinski definition) is 1. The molecule has 1 unspecified atom stereocenters. The van der Waals surface area contributed by atoms with Crippen molar-refractivity contribution in [2.75, 3.05) is 6.54 Å². The molecule has 1 aromatic rings. The van der Waals surface area contributed by atoms with Crippen LogP contribution in [0.1, 0.15) is 63.1 Å². The maximum Gasteiger partial charge on any atom is 0.0438 e. The average Bonchev–Trinajstić information content (AvgIpc) is 2.37. The van der Waals surface area contributed by atoms with E-state index in [4.69, 9.17) is 11.6 Å². The fraction of sp³-hybridized carbons (Fsp3) is 0.625. The van der Waals surface area contributed by atoms with Crippen LogP contribution in [0.4, 0.5) is 0 Å². The Hall–Kier alpha value is -0.530. The van der Waals surface area contributed by atoms with Crippen molar-refractivity contribution >= 4 is 11.6 Å². The highest BCUT2D eigenvalue weighted by atomic mass is 35.5. The summed E-state index contributed by atoms with van der Waals surface area (Å²) in [5, 5.41) is 4.46. The lowest BCUT2D eigenvalue weighted by Gasteiger charge is -2.21. The van der Waals surface area contributed by atoms with E-state index in [0.717, 1.165) is 11.6 Å². The van der Waals surface area contributed by atoms with Crippen LogP contribution in [-0.2, 0) is 0 Å². The maximum absolute atomic E-state index is 6.21. The summed E-state index contributed by atoms with van der Waals surface area (Å²) >= 11 is 6.21. The molecule has 0 aromatic heterocycles. The van der Waals surface area contributed by atoms with Gasteiger partial charge in [-0.2, -0.15) is 0 Å². The molecule has 0 amide bonds. The Morgan fingerprint density at radius 3 is 2.61 bits per heavy atom. The quantitative estimate of drug-likeness (QED) is 0.633. The molecule has 0 aliphatic carbocycles. The van der Waals surface area contributed by atoms with Gasteiger partial charge < -0.3 is 5.32 Å². The van der Waals surface area contributed by atoms with Gasteiger partial charge in [0, 0.05) is 11.1 Å². The monoisotopic (exact) mass is 267 g/mol. The molecule has 0 aliphatic heterocycles. The Bertz CT molecular complexity index is 349. The first-order valence-electron chi connectivity index (χ1n) is 7.19. The topological polar surface area (TPSA) is 12.0 Å². The lowest BCUT2D eigenvalue weighted by Crippen LogP contribution is -2.21. The summed E-state index contributed by atoms with van der Waals surface area (Å²) in [7, 11) is 0. The molecule has 0 saturated carbocycles. The van der Waals surface area contributed by atoms with E-state index in [1.54, 1.807) is 0 Å². The molecule has 1 nitrogen and oxygen atoms in total. The second-order valence-electron chi connectivity index (χ2n) is 4.91. The molecule has 0 saturated heterocycles. The first-order valence-corrected chi connectivity index (χ1v) is 7.56. The predicted octanol–water partition coefficient (Wildman–Crippen LogP) is 5.27. The van der Waals surface area contributed by atoms with Crippen LogP contribution in [0.3, 0.4) is 0 Å². The van der Waals surface area contributed by atoms with Gasteiger partial charge in [-0.05, 0) is 37.1 Å². The van der Waals surface area contributed by atoms with Gasteiger partial charge in [-0.25, -0.2) is 0 Å². The third kappa shape index (κ3) is 4.62. The van der Waals surface area contributed by atoms with Crippen LogP contribution >= 0.6 is 11.6 Å². The van der Waals surface area contributed by atoms with Crippen molar-refractivity contribution in [2.24, 2.45) is 0 Å². The van der Waals surface area contributed by atoms with Gasteiger partial charge in [0.25, 0.3) is 0 Å². The lowest BCUT2D eigenvalue weighted by atomic mass is 9.96. The van der Waals surface area contributed by atoms with Crippen molar-refractivity contribution < 1.29 is 0 Å². The Morgan fingerprint density at radius 2 is 1.94 bits per heavy atom.